The number of benzene rings is 1. The van der Waals surface area contributed by atoms with E-state index >= 15 is 0 Å². The lowest BCUT2D eigenvalue weighted by atomic mass is 10.0. The summed E-state index contributed by atoms with van der Waals surface area (Å²) in [6.07, 6.45) is 5.31. The van der Waals surface area contributed by atoms with Crippen LogP contribution in [0.25, 0.3) is 0 Å². The summed E-state index contributed by atoms with van der Waals surface area (Å²) < 4.78 is 5.77. The van der Waals surface area contributed by atoms with Crippen molar-refractivity contribution in [2.75, 3.05) is 19.7 Å². The van der Waals surface area contributed by atoms with Gasteiger partial charge in [-0.15, -0.1) is 0 Å². The van der Waals surface area contributed by atoms with E-state index in [1.54, 1.807) is 42.9 Å². The molecule has 2 aromatic rings. The van der Waals surface area contributed by atoms with Crippen LogP contribution in [0.2, 0.25) is 0 Å². The lowest BCUT2D eigenvalue weighted by molar-refractivity contribution is -0.131. The average molecular weight is 497 g/mol. The first kappa shape index (κ1) is 26.6. The van der Waals surface area contributed by atoms with E-state index in [1.807, 2.05) is 13.8 Å². The Morgan fingerprint density at radius 1 is 1.17 bits per heavy atom. The molecule has 4 amide bonds. The largest absolute Gasteiger partial charge is 0.493 e. The molecular weight excluding hydrogens is 464 g/mol. The predicted molar refractivity (Wildman–Crippen MR) is 131 cm³/mol. The molecule has 0 saturated heterocycles. The molecule has 1 aliphatic heterocycles. The van der Waals surface area contributed by atoms with Crippen molar-refractivity contribution >= 4 is 23.6 Å². The van der Waals surface area contributed by atoms with Crippen LogP contribution in [0, 0.1) is 5.92 Å². The van der Waals surface area contributed by atoms with Crippen LogP contribution in [-0.2, 0) is 20.8 Å². The van der Waals surface area contributed by atoms with E-state index < -0.39 is 29.8 Å². The van der Waals surface area contributed by atoms with Crippen molar-refractivity contribution in [1.29, 1.82) is 0 Å². The van der Waals surface area contributed by atoms with Crippen molar-refractivity contribution in [1.82, 2.24) is 31.2 Å². The molecule has 1 aromatic heterocycles. The highest BCUT2D eigenvalue weighted by atomic mass is 16.5. The summed E-state index contributed by atoms with van der Waals surface area (Å²) in [6, 6.07) is 4.71. The molecule has 36 heavy (non-hydrogen) atoms. The molecule has 1 aliphatic rings. The molecule has 0 bridgehead atoms. The highest BCUT2D eigenvalue weighted by molar-refractivity contribution is 6.01. The van der Waals surface area contributed by atoms with Crippen LogP contribution in [0.15, 0.2) is 42.9 Å². The molecule has 11 nitrogen and oxygen atoms in total. The zero-order chi connectivity index (χ0) is 25.9. The lowest BCUT2D eigenvalue weighted by Gasteiger charge is -2.23. The number of amides is 4. The minimum absolute atomic E-state index is 0.181. The molecule has 0 aliphatic carbocycles. The quantitative estimate of drug-likeness (QED) is 0.467. The smallest absolute Gasteiger partial charge is 0.255 e. The highest BCUT2D eigenvalue weighted by Gasteiger charge is 2.29. The Kier molecular flexibility index (Phi) is 9.73. The first-order valence-corrected chi connectivity index (χ1v) is 12.0. The fourth-order valence-corrected chi connectivity index (χ4v) is 3.65. The number of carbonyl (C=O) groups excluding carboxylic acids is 4. The van der Waals surface area contributed by atoms with Gasteiger partial charge in [0.25, 0.3) is 5.91 Å². The Bertz CT molecular complexity index is 1060. The molecule has 2 heterocycles. The monoisotopic (exact) mass is 496 g/mol. The summed E-state index contributed by atoms with van der Waals surface area (Å²) in [4.78, 5) is 59.8. The van der Waals surface area contributed by atoms with E-state index in [4.69, 9.17) is 4.74 Å². The summed E-state index contributed by atoms with van der Waals surface area (Å²) in [5.74, 6) is -1.76. The van der Waals surface area contributed by atoms with Crippen LogP contribution in [-0.4, -0.2) is 65.4 Å². The molecule has 0 spiro atoms. The van der Waals surface area contributed by atoms with Gasteiger partial charge in [0.15, 0.2) is 0 Å². The minimum Gasteiger partial charge on any atom is -0.493 e. The number of nitrogens with zero attached hydrogens (tertiary/aromatic N) is 2. The van der Waals surface area contributed by atoms with Crippen molar-refractivity contribution in [3.63, 3.8) is 0 Å². The first-order valence-electron chi connectivity index (χ1n) is 12.0. The molecule has 192 valence electrons. The second-order valence-electron chi connectivity index (χ2n) is 8.75. The number of hydrogen-bond donors (Lipinski definition) is 4. The molecule has 0 unspecified atom stereocenters. The maximum atomic E-state index is 13.1. The molecule has 1 aromatic carbocycles. The van der Waals surface area contributed by atoms with Crippen LogP contribution in [0.4, 0.5) is 0 Å². The van der Waals surface area contributed by atoms with Crippen LogP contribution in [0.1, 0.15) is 42.7 Å². The van der Waals surface area contributed by atoms with Gasteiger partial charge in [0.05, 0.1) is 24.3 Å². The normalized spacial score (nSPS) is 19.5. The average Bonchev–Trinajstić information content (AvgIpc) is 2.87. The zero-order valence-electron chi connectivity index (χ0n) is 20.5. The number of para-hydroxylation sites is 1. The maximum Gasteiger partial charge on any atom is 0.255 e. The number of hydrogen-bond acceptors (Lipinski definition) is 7. The van der Waals surface area contributed by atoms with E-state index in [1.165, 1.54) is 0 Å². The Balaban J connectivity index is 1.79. The Labute approximate surface area is 209 Å². The van der Waals surface area contributed by atoms with Crippen molar-refractivity contribution in [3.8, 4) is 5.75 Å². The van der Waals surface area contributed by atoms with Crippen molar-refractivity contribution < 1.29 is 23.9 Å². The fraction of sp³-hybridized carbons (Fsp3) is 0.440. The number of carbonyl (C=O) groups is 4. The van der Waals surface area contributed by atoms with Crippen LogP contribution in [0.5, 0.6) is 5.75 Å². The van der Waals surface area contributed by atoms with Gasteiger partial charge in [-0.1, -0.05) is 26.0 Å². The predicted octanol–water partition coefficient (Wildman–Crippen LogP) is 0.364. The van der Waals surface area contributed by atoms with Gasteiger partial charge >= 0.3 is 0 Å². The van der Waals surface area contributed by atoms with Crippen molar-refractivity contribution in [3.05, 3.63) is 54.1 Å². The minimum atomic E-state index is -1.17. The van der Waals surface area contributed by atoms with Gasteiger partial charge in [-0.2, -0.15) is 0 Å². The standard InChI is InChI=1S/C25H32N6O5/c1-16(2)22-25(35)28-9-5-13-36-20-7-4-3-6-18(20)23(33)30-19(14-21(32)31-22)24(34)29-10-8-17-15-26-11-12-27-17/h3-4,6-7,11-12,15-16,19,22H,5,8-10,13-14H2,1-2H3,(H,28,35)(H,29,34)(H,30,33)(H,31,32)/t19-,22+/m0/s1. The summed E-state index contributed by atoms with van der Waals surface area (Å²) in [6.45, 7) is 4.49. The SMILES string of the molecule is CC(C)[C@H]1NC(=O)C[C@@H](C(=O)NCCc2cnccn2)NC(=O)c2ccccc2OCCCNC1=O. The molecule has 11 heteroatoms. The molecule has 2 atom stereocenters. The molecule has 4 N–H and O–H groups in total. The molecule has 0 fully saturated rings. The van der Waals surface area contributed by atoms with E-state index in [-0.39, 0.29) is 37.0 Å². The Hall–Kier alpha value is -4.02. The van der Waals surface area contributed by atoms with Crippen molar-refractivity contribution in [2.45, 2.75) is 45.2 Å². The summed E-state index contributed by atoms with van der Waals surface area (Å²) in [5, 5.41) is 10.9. The Morgan fingerprint density at radius 3 is 2.72 bits per heavy atom. The van der Waals surface area contributed by atoms with E-state index in [2.05, 4.69) is 31.2 Å². The third-order valence-corrected chi connectivity index (χ3v) is 5.58. The second kappa shape index (κ2) is 13.2. The number of aromatic nitrogens is 2. The second-order valence-corrected chi connectivity index (χ2v) is 8.75. The fourth-order valence-electron chi connectivity index (χ4n) is 3.65. The van der Waals surface area contributed by atoms with Gasteiger partial charge < -0.3 is 26.0 Å². The van der Waals surface area contributed by atoms with Gasteiger partial charge in [0.2, 0.25) is 17.7 Å². The van der Waals surface area contributed by atoms with E-state index in [0.29, 0.717) is 30.8 Å². The Morgan fingerprint density at radius 2 is 1.97 bits per heavy atom. The highest BCUT2D eigenvalue weighted by Crippen LogP contribution is 2.18. The summed E-state index contributed by atoms with van der Waals surface area (Å²) >= 11 is 0. The van der Waals surface area contributed by atoms with Gasteiger partial charge in [0.1, 0.15) is 17.8 Å². The number of fused-ring (bicyclic) bond motifs is 1. The number of ether oxygens (including phenoxy) is 1. The van der Waals surface area contributed by atoms with Gasteiger partial charge in [-0.25, -0.2) is 0 Å². The maximum absolute atomic E-state index is 13.1. The molecule has 0 saturated carbocycles. The van der Waals surface area contributed by atoms with E-state index in [9.17, 15) is 19.2 Å². The van der Waals surface area contributed by atoms with Gasteiger partial charge in [-0.05, 0) is 24.5 Å². The summed E-state index contributed by atoms with van der Waals surface area (Å²) in [5.41, 5.74) is 0.938. The molecular formula is C25H32N6O5. The molecule has 3 rings (SSSR count). The third kappa shape index (κ3) is 7.76. The van der Waals surface area contributed by atoms with Crippen LogP contribution < -0.4 is 26.0 Å². The third-order valence-electron chi connectivity index (χ3n) is 5.58. The number of rotatable bonds is 5. The summed E-state index contributed by atoms with van der Waals surface area (Å²) in [7, 11) is 0. The first-order chi connectivity index (χ1) is 17.3. The molecule has 0 radical (unpaired) electrons. The van der Waals surface area contributed by atoms with Crippen LogP contribution in [0.3, 0.4) is 0 Å². The van der Waals surface area contributed by atoms with Crippen molar-refractivity contribution in [2.24, 2.45) is 5.92 Å². The number of nitrogens with one attached hydrogen (secondary N) is 4. The topological polar surface area (TPSA) is 151 Å². The van der Waals surface area contributed by atoms with Crippen LogP contribution >= 0.6 is 0 Å². The lowest BCUT2D eigenvalue weighted by Crippen LogP contribution is -2.53. The van der Waals surface area contributed by atoms with Gasteiger partial charge in [0, 0.05) is 38.1 Å². The zero-order valence-corrected chi connectivity index (χ0v) is 20.5. The van der Waals surface area contributed by atoms with E-state index in [0.717, 1.165) is 0 Å². The van der Waals surface area contributed by atoms with Gasteiger partial charge in [-0.3, -0.25) is 29.1 Å².